The average Bonchev–Trinajstić information content (AvgIpc) is 1.97. The van der Waals surface area contributed by atoms with Gasteiger partial charge in [-0.15, -0.1) is 0 Å². The van der Waals surface area contributed by atoms with E-state index in [1.165, 1.54) is 38.1 Å². The zero-order valence-corrected chi connectivity index (χ0v) is 8.69. The van der Waals surface area contributed by atoms with E-state index in [-0.39, 0.29) is 0 Å². The predicted molar refractivity (Wildman–Crippen MR) is 52.6 cm³/mol. The molecular weight excluding hydrogens is 160 g/mol. The molecule has 0 saturated carbocycles. The molecule has 0 heterocycles. The highest BCUT2D eigenvalue weighted by Crippen LogP contribution is 2.03. The summed E-state index contributed by atoms with van der Waals surface area (Å²) >= 11 is 5.45. The number of halogens is 1. The fourth-order valence-corrected chi connectivity index (χ4v) is 1.96. The molecule has 0 aliphatic carbocycles. The summed E-state index contributed by atoms with van der Waals surface area (Å²) in [5, 5.41) is 1.82. The highest BCUT2D eigenvalue weighted by Gasteiger charge is 1.85. The van der Waals surface area contributed by atoms with E-state index < -0.39 is 0 Å². The van der Waals surface area contributed by atoms with Gasteiger partial charge in [-0.1, -0.05) is 50.6 Å². The summed E-state index contributed by atoms with van der Waals surface area (Å²) in [5.74, 6) is 0. The van der Waals surface area contributed by atoms with Crippen LogP contribution < -0.4 is 0 Å². The van der Waals surface area contributed by atoms with Crippen molar-refractivity contribution >= 4 is 25.9 Å². The van der Waals surface area contributed by atoms with Crippen LogP contribution >= 0.6 is 11.6 Å². The van der Waals surface area contributed by atoms with E-state index in [1.807, 2.05) is 5.13 Å². The molecule has 0 rings (SSSR count). The smallest absolute Gasteiger partial charge is 0.00811 e. The van der Waals surface area contributed by atoms with E-state index in [2.05, 4.69) is 6.92 Å². The summed E-state index contributed by atoms with van der Waals surface area (Å²) in [7, 11) is 0.448. The molecule has 0 nitrogen and oxygen atoms in total. The predicted octanol–water partition coefficient (Wildman–Crippen LogP) is 2.81. The minimum absolute atomic E-state index is 0.448. The highest BCUT2D eigenvalue weighted by atomic mass is 35.5. The first-order valence-electron chi connectivity index (χ1n) is 4.17. The molecule has 0 radical (unpaired) electrons. The molecule has 0 N–H and O–H groups in total. The maximum Gasteiger partial charge on any atom is 0.00811 e. The van der Waals surface area contributed by atoms with Crippen LogP contribution in [0.15, 0.2) is 0 Å². The summed E-state index contributed by atoms with van der Waals surface area (Å²) in [5.41, 5.74) is 0. The molecule has 2 heteroatoms. The van der Waals surface area contributed by atoms with Gasteiger partial charge < -0.3 is 0 Å². The topological polar surface area (TPSA) is 0 Å². The van der Waals surface area contributed by atoms with Gasteiger partial charge in [0.15, 0.2) is 0 Å². The van der Waals surface area contributed by atoms with E-state index in [0.717, 1.165) is 0 Å². The number of hydrogen-bond acceptors (Lipinski definition) is 0. The third kappa shape index (κ3) is 8.38. The second-order valence-electron chi connectivity index (χ2n) is 2.56. The molecule has 0 aromatic heterocycles. The molecule has 0 aliphatic rings. The summed E-state index contributed by atoms with van der Waals surface area (Å²) < 4.78 is 0. The highest BCUT2D eigenvalue weighted by molar-refractivity contribution is 6.77. The van der Waals surface area contributed by atoms with Crippen LogP contribution in [0, 0.1) is 0 Å². The molecule has 10 heavy (non-hydrogen) atoms. The lowest BCUT2D eigenvalue weighted by atomic mass is 10.2. The van der Waals surface area contributed by atoms with Crippen molar-refractivity contribution in [2.45, 2.75) is 45.1 Å². The van der Waals surface area contributed by atoms with E-state index >= 15 is 0 Å². The van der Waals surface area contributed by atoms with Gasteiger partial charge in [0.25, 0.3) is 0 Å². The van der Waals surface area contributed by atoms with Crippen LogP contribution in [-0.4, -0.2) is 14.3 Å². The minimum Gasteiger partial charge on any atom is -0.0990 e. The van der Waals surface area contributed by atoms with Crippen molar-refractivity contribution in [1.29, 1.82) is 0 Å². The molecule has 0 fully saturated rings. The van der Waals surface area contributed by atoms with Crippen molar-refractivity contribution < 1.29 is 0 Å². The van der Waals surface area contributed by atoms with Crippen LogP contribution in [0.4, 0.5) is 0 Å². The largest absolute Gasteiger partial charge is 0.0990 e. The van der Waals surface area contributed by atoms with Gasteiger partial charge in [-0.25, -0.2) is 0 Å². The Kier molecular flexibility index (Phi) is 9.73. The second kappa shape index (κ2) is 9.38. The van der Waals surface area contributed by atoms with Gasteiger partial charge in [0.2, 0.25) is 0 Å². The second-order valence-corrected chi connectivity index (χ2v) is 4.62. The van der Waals surface area contributed by atoms with Crippen molar-refractivity contribution in [2.75, 3.05) is 0 Å². The van der Waals surface area contributed by atoms with Gasteiger partial charge in [-0.3, -0.25) is 0 Å². The van der Waals surface area contributed by atoms with Gasteiger partial charge in [-0.05, 0) is 11.2 Å². The Morgan fingerprint density at radius 1 is 1.20 bits per heavy atom. The van der Waals surface area contributed by atoms with Crippen molar-refractivity contribution in [1.82, 2.24) is 0 Å². The molecule has 0 aliphatic heterocycles. The lowest BCUT2D eigenvalue weighted by Gasteiger charge is -1.94. The van der Waals surface area contributed by atoms with Gasteiger partial charge >= 0.3 is 0 Å². The van der Waals surface area contributed by atoms with Crippen LogP contribution in [-0.2, 0) is 0 Å². The van der Waals surface area contributed by atoms with Crippen molar-refractivity contribution in [3.8, 4) is 0 Å². The third-order valence-electron chi connectivity index (χ3n) is 1.56. The lowest BCUT2D eigenvalue weighted by Crippen LogP contribution is -1.80. The monoisotopic (exact) mass is 176 g/mol. The molecule has 0 atom stereocenters. The first-order chi connectivity index (χ1) is 4.91. The first-order valence-corrected chi connectivity index (χ1v) is 6.09. The fourth-order valence-electron chi connectivity index (χ4n) is 0.929. The van der Waals surface area contributed by atoms with E-state index in [0.29, 0.717) is 9.13 Å². The Labute approximate surface area is 71.4 Å². The maximum atomic E-state index is 5.45. The third-order valence-corrected chi connectivity index (χ3v) is 3.02. The normalized spacial score (nSPS) is 11.0. The summed E-state index contributed by atoms with van der Waals surface area (Å²) in [4.78, 5) is 0. The molecule has 60 valence electrons. The Bertz CT molecular complexity index is 81.3. The fraction of sp³-hybridized carbons (Fsp3) is 0.875. The summed E-state index contributed by atoms with van der Waals surface area (Å²) in [6, 6.07) is 1.35. The number of rotatable bonds is 6. The molecule has 0 aromatic carbocycles. The molecule has 0 saturated heterocycles. The average molecular weight is 177 g/mol. The Morgan fingerprint density at radius 2 is 1.90 bits per heavy atom. The maximum absolute atomic E-state index is 5.45. The Balaban J connectivity index is 2.77. The van der Waals surface area contributed by atoms with Crippen molar-refractivity contribution in [3.63, 3.8) is 0 Å². The quantitative estimate of drug-likeness (QED) is 0.432. The van der Waals surface area contributed by atoms with Gasteiger partial charge in [0.05, 0.1) is 0 Å². The van der Waals surface area contributed by atoms with E-state index in [9.17, 15) is 0 Å². The molecule has 0 spiro atoms. The van der Waals surface area contributed by atoms with Crippen molar-refractivity contribution in [3.05, 3.63) is 0 Å². The number of hydrogen-bond donors (Lipinski definition) is 0. The molecular formula is C8H17ClSi. The van der Waals surface area contributed by atoms with E-state index in [4.69, 9.17) is 11.6 Å². The van der Waals surface area contributed by atoms with Gasteiger partial charge in [-0.2, -0.15) is 0 Å². The van der Waals surface area contributed by atoms with Crippen LogP contribution in [0.3, 0.4) is 0 Å². The molecule has 0 amide bonds. The molecule has 0 unspecified atom stereocenters. The zero-order valence-electron chi connectivity index (χ0n) is 6.78. The Morgan fingerprint density at radius 3 is 2.50 bits per heavy atom. The summed E-state index contributed by atoms with van der Waals surface area (Å²) in [6.07, 6.45) is 6.96. The van der Waals surface area contributed by atoms with Gasteiger partial charge in [0.1, 0.15) is 0 Å². The minimum atomic E-state index is 0.448. The SMILES string of the molecule is CCCCCCC[SiH]=CCl. The van der Waals surface area contributed by atoms with Crippen LogP contribution in [0.5, 0.6) is 0 Å². The lowest BCUT2D eigenvalue weighted by molar-refractivity contribution is 0.656. The van der Waals surface area contributed by atoms with Crippen LogP contribution in [0.1, 0.15) is 39.0 Å². The van der Waals surface area contributed by atoms with Gasteiger partial charge in [0, 0.05) is 9.13 Å². The van der Waals surface area contributed by atoms with Crippen LogP contribution in [0.25, 0.3) is 0 Å². The number of unbranched alkanes of at least 4 members (excludes halogenated alkanes) is 4. The standard InChI is InChI=1S/C8H17ClSi/c1-2-3-4-5-6-7-10-8-9/h8,10H,2-7H2,1H3. The van der Waals surface area contributed by atoms with Crippen LogP contribution in [0.2, 0.25) is 6.04 Å². The molecule has 0 bridgehead atoms. The Hall–Kier alpha value is 0.377. The van der Waals surface area contributed by atoms with Crippen molar-refractivity contribution in [2.24, 2.45) is 0 Å². The summed E-state index contributed by atoms with van der Waals surface area (Å²) in [6.45, 7) is 2.25. The molecule has 0 aromatic rings. The first kappa shape index (κ1) is 10.4. The zero-order chi connectivity index (χ0) is 7.66. The van der Waals surface area contributed by atoms with E-state index in [1.54, 1.807) is 0 Å².